The minimum atomic E-state index is 0.498. The molecule has 3 rings (SSSR count). The molecule has 130 valence electrons. The van der Waals surface area contributed by atoms with Gasteiger partial charge in [0.05, 0.1) is 13.4 Å². The third-order valence-corrected chi connectivity index (χ3v) is 5.71. The average molecular weight is 353 g/mol. The van der Waals surface area contributed by atoms with Crippen molar-refractivity contribution in [1.29, 1.82) is 0 Å². The number of nitrogens with zero attached hydrogens (tertiary/aromatic N) is 2. The highest BCUT2D eigenvalue weighted by Crippen LogP contribution is 2.30. The highest BCUT2D eigenvalue weighted by Gasteiger charge is 2.13. The van der Waals surface area contributed by atoms with Gasteiger partial charge in [-0.25, -0.2) is 4.98 Å². The Labute approximate surface area is 154 Å². The van der Waals surface area contributed by atoms with Crippen molar-refractivity contribution < 1.29 is 4.74 Å². The molecular formula is C21H24N2OS. The second-order valence-corrected chi connectivity index (χ2v) is 7.49. The molecular weight excluding hydrogens is 328 g/mol. The Morgan fingerprint density at radius 1 is 1.12 bits per heavy atom. The van der Waals surface area contributed by atoms with Crippen molar-refractivity contribution in [2.45, 2.75) is 36.5 Å². The van der Waals surface area contributed by atoms with E-state index in [0.717, 1.165) is 25.1 Å². The van der Waals surface area contributed by atoms with Gasteiger partial charge in [0.25, 0.3) is 0 Å². The second-order valence-electron chi connectivity index (χ2n) is 6.15. The summed E-state index contributed by atoms with van der Waals surface area (Å²) in [6, 6.07) is 17.0. The lowest BCUT2D eigenvalue weighted by Gasteiger charge is -2.18. The number of hydrogen-bond donors (Lipinski definition) is 0. The van der Waals surface area contributed by atoms with Crippen LogP contribution < -0.4 is 4.74 Å². The Morgan fingerprint density at radius 2 is 1.92 bits per heavy atom. The predicted molar refractivity (Wildman–Crippen MR) is 104 cm³/mol. The summed E-state index contributed by atoms with van der Waals surface area (Å²) in [5, 5.41) is 0.498. The van der Waals surface area contributed by atoms with E-state index >= 15 is 0 Å². The number of aromatic nitrogens is 2. The van der Waals surface area contributed by atoms with Gasteiger partial charge in [-0.1, -0.05) is 30.3 Å². The molecule has 3 nitrogen and oxygen atoms in total. The quantitative estimate of drug-likeness (QED) is 0.534. The molecule has 0 bridgehead atoms. The van der Waals surface area contributed by atoms with Crippen LogP contribution in [0.4, 0.5) is 0 Å². The summed E-state index contributed by atoms with van der Waals surface area (Å²) in [6.45, 7) is 3.15. The molecule has 0 aliphatic heterocycles. The van der Waals surface area contributed by atoms with Gasteiger partial charge in [0, 0.05) is 29.1 Å². The van der Waals surface area contributed by atoms with Gasteiger partial charge >= 0.3 is 0 Å². The van der Waals surface area contributed by atoms with Gasteiger partial charge in [-0.15, -0.1) is 11.8 Å². The Hall–Kier alpha value is -2.20. The maximum Gasteiger partial charge on any atom is 0.118 e. The summed E-state index contributed by atoms with van der Waals surface area (Å²) >= 11 is 1.97. The van der Waals surface area contributed by atoms with E-state index < -0.39 is 0 Å². The zero-order chi connectivity index (χ0) is 17.5. The summed E-state index contributed by atoms with van der Waals surface area (Å²) in [6.07, 6.45) is 7.96. The predicted octanol–water partition coefficient (Wildman–Crippen LogP) is 4.99. The first-order valence-corrected chi connectivity index (χ1v) is 9.43. The number of benzene rings is 2. The number of ether oxygens (including phenoxy) is 1. The number of aryl methyl sites for hydroxylation is 2. The van der Waals surface area contributed by atoms with Crippen molar-refractivity contribution in [3.05, 3.63) is 78.4 Å². The minimum Gasteiger partial charge on any atom is -0.497 e. The standard InChI is InChI=1S/C21H24N2OS/c1-17-5-3-4-6-21(17)25-20(15-23-14-13-22-16-23)12-9-18-7-10-19(24-2)11-8-18/h3-8,10-11,13-14,16,20H,9,12,15H2,1-2H3. The van der Waals surface area contributed by atoms with E-state index in [9.17, 15) is 0 Å². The van der Waals surface area contributed by atoms with Crippen molar-refractivity contribution in [2.75, 3.05) is 7.11 Å². The normalized spacial score (nSPS) is 12.1. The van der Waals surface area contributed by atoms with Crippen molar-refractivity contribution in [2.24, 2.45) is 0 Å². The largest absolute Gasteiger partial charge is 0.497 e. The Morgan fingerprint density at radius 3 is 2.60 bits per heavy atom. The lowest BCUT2D eigenvalue weighted by molar-refractivity contribution is 0.414. The molecule has 1 aromatic heterocycles. The van der Waals surface area contributed by atoms with Crippen molar-refractivity contribution in [3.8, 4) is 5.75 Å². The molecule has 0 N–H and O–H groups in total. The summed E-state index contributed by atoms with van der Waals surface area (Å²) in [4.78, 5) is 5.54. The highest BCUT2D eigenvalue weighted by molar-refractivity contribution is 8.00. The highest BCUT2D eigenvalue weighted by atomic mass is 32.2. The molecule has 0 spiro atoms. The van der Waals surface area contributed by atoms with Gasteiger partial charge < -0.3 is 9.30 Å². The lowest BCUT2D eigenvalue weighted by atomic mass is 10.1. The molecule has 25 heavy (non-hydrogen) atoms. The molecule has 0 fully saturated rings. The van der Waals surface area contributed by atoms with Crippen molar-refractivity contribution in [1.82, 2.24) is 9.55 Å². The zero-order valence-corrected chi connectivity index (χ0v) is 15.6. The summed E-state index contributed by atoms with van der Waals surface area (Å²) in [7, 11) is 1.70. The van der Waals surface area contributed by atoms with Crippen LogP contribution in [0.2, 0.25) is 0 Å². The van der Waals surface area contributed by atoms with Gasteiger partial charge in [0.2, 0.25) is 0 Å². The molecule has 0 saturated carbocycles. The van der Waals surface area contributed by atoms with E-state index in [-0.39, 0.29) is 0 Å². The average Bonchev–Trinajstić information content (AvgIpc) is 3.15. The first kappa shape index (κ1) is 17.6. The van der Waals surface area contributed by atoms with Crippen LogP contribution in [0.5, 0.6) is 5.75 Å². The fraction of sp³-hybridized carbons (Fsp3) is 0.286. The Bertz CT molecular complexity index is 769. The smallest absolute Gasteiger partial charge is 0.118 e. The van der Waals surface area contributed by atoms with Crippen LogP contribution in [0.15, 0.2) is 72.1 Å². The van der Waals surface area contributed by atoms with Gasteiger partial charge in [-0.05, 0) is 49.1 Å². The first-order chi connectivity index (χ1) is 12.2. The molecule has 0 aliphatic carbocycles. The number of hydrogen-bond acceptors (Lipinski definition) is 3. The van der Waals surface area contributed by atoms with Crippen LogP contribution >= 0.6 is 11.8 Å². The van der Waals surface area contributed by atoms with Crippen molar-refractivity contribution >= 4 is 11.8 Å². The second kappa shape index (κ2) is 8.77. The summed E-state index contributed by atoms with van der Waals surface area (Å²) in [5.41, 5.74) is 2.69. The van der Waals surface area contributed by atoms with Crippen LogP contribution in [0, 0.1) is 6.92 Å². The van der Waals surface area contributed by atoms with Crippen molar-refractivity contribution in [3.63, 3.8) is 0 Å². The fourth-order valence-electron chi connectivity index (χ4n) is 2.81. The first-order valence-electron chi connectivity index (χ1n) is 8.55. The van der Waals surface area contributed by atoms with Gasteiger partial charge in [-0.2, -0.15) is 0 Å². The number of thioether (sulfide) groups is 1. The molecule has 4 heteroatoms. The fourth-order valence-corrected chi connectivity index (χ4v) is 4.06. The van der Waals surface area contributed by atoms with E-state index in [1.165, 1.54) is 16.0 Å². The number of imidazole rings is 1. The maximum atomic E-state index is 5.24. The Balaban J connectivity index is 1.68. The van der Waals surface area contributed by atoms with E-state index in [4.69, 9.17) is 4.74 Å². The minimum absolute atomic E-state index is 0.498. The molecule has 0 aliphatic rings. The van der Waals surface area contributed by atoms with Gasteiger partial charge in [0.1, 0.15) is 5.75 Å². The summed E-state index contributed by atoms with van der Waals surface area (Å²) in [5.74, 6) is 0.910. The SMILES string of the molecule is COc1ccc(CCC(Cn2ccnc2)Sc2ccccc2C)cc1. The lowest BCUT2D eigenvalue weighted by Crippen LogP contribution is -2.13. The molecule has 1 unspecified atom stereocenters. The molecule has 1 heterocycles. The van der Waals surface area contributed by atoms with Crippen LogP contribution in [0.25, 0.3) is 0 Å². The van der Waals surface area contributed by atoms with E-state index in [1.807, 2.05) is 42.6 Å². The maximum absolute atomic E-state index is 5.24. The molecule has 0 saturated heterocycles. The third-order valence-electron chi connectivity index (χ3n) is 4.27. The molecule has 0 amide bonds. The number of rotatable bonds is 8. The molecule has 2 aromatic carbocycles. The van der Waals surface area contributed by atoms with E-state index in [2.05, 4.69) is 52.9 Å². The Kier molecular flexibility index (Phi) is 6.18. The van der Waals surface area contributed by atoms with Gasteiger partial charge in [0.15, 0.2) is 0 Å². The number of methoxy groups -OCH3 is 1. The molecule has 1 atom stereocenters. The van der Waals surface area contributed by atoms with Gasteiger partial charge in [-0.3, -0.25) is 0 Å². The van der Waals surface area contributed by atoms with E-state index in [0.29, 0.717) is 5.25 Å². The molecule has 3 aromatic rings. The van der Waals surface area contributed by atoms with Crippen LogP contribution in [0.3, 0.4) is 0 Å². The molecule has 0 radical (unpaired) electrons. The topological polar surface area (TPSA) is 27.1 Å². The third kappa shape index (κ3) is 5.13. The van der Waals surface area contributed by atoms with Crippen LogP contribution in [0.1, 0.15) is 17.5 Å². The van der Waals surface area contributed by atoms with E-state index in [1.54, 1.807) is 7.11 Å². The monoisotopic (exact) mass is 352 g/mol. The zero-order valence-electron chi connectivity index (χ0n) is 14.8. The summed E-state index contributed by atoms with van der Waals surface area (Å²) < 4.78 is 7.41. The van der Waals surface area contributed by atoms with Crippen LogP contribution in [-0.4, -0.2) is 21.9 Å². The van der Waals surface area contributed by atoms with Crippen LogP contribution in [-0.2, 0) is 13.0 Å².